The van der Waals surface area contributed by atoms with Gasteiger partial charge < -0.3 is 9.31 Å². The zero-order valence-electron chi connectivity index (χ0n) is 19.4. The van der Waals surface area contributed by atoms with E-state index < -0.39 is 31.7 Å². The van der Waals surface area contributed by atoms with E-state index in [1.807, 2.05) is 0 Å². The molecule has 0 aliphatic heterocycles. The predicted octanol–water partition coefficient (Wildman–Crippen LogP) is 3.23. The first-order valence-corrected chi connectivity index (χ1v) is 12.7. The molecule has 0 aromatic heterocycles. The van der Waals surface area contributed by atoms with Crippen molar-refractivity contribution in [2.45, 2.75) is 52.6 Å². The fraction of sp³-hybridized carbons (Fsp3) is 0.400. The molecule has 0 amide bonds. The molecule has 0 atom stereocenters. The second-order valence-corrected chi connectivity index (χ2v) is 11.7. The summed E-state index contributed by atoms with van der Waals surface area (Å²) < 4.78 is 78.9. The summed E-state index contributed by atoms with van der Waals surface area (Å²) in [6, 6.07) is 12.2. The van der Waals surface area contributed by atoms with Gasteiger partial charge in [-0.25, -0.2) is 8.61 Å². The van der Waals surface area contributed by atoms with Crippen molar-refractivity contribution in [3.63, 3.8) is 0 Å². The van der Waals surface area contributed by atoms with Gasteiger partial charge in [0.05, 0.1) is 11.4 Å². The Labute approximate surface area is 196 Å². The highest BCUT2D eigenvalue weighted by Gasteiger charge is 2.32. The highest BCUT2D eigenvalue weighted by Crippen LogP contribution is 2.30. The van der Waals surface area contributed by atoms with Gasteiger partial charge in [0.25, 0.3) is 0 Å². The topological polar surface area (TPSA) is 134 Å². The fourth-order valence-electron chi connectivity index (χ4n) is 3.25. The highest BCUT2D eigenvalue weighted by molar-refractivity contribution is 7.87. The molecular weight excluding hydrogens is 471 g/mol. The van der Waals surface area contributed by atoms with Crippen LogP contribution in [0.2, 0.25) is 0 Å². The van der Waals surface area contributed by atoms with E-state index in [9.17, 15) is 25.9 Å². The monoisotopic (exact) mass is 500 g/mol. The Morgan fingerprint density at radius 1 is 0.636 bits per heavy atom. The van der Waals surface area contributed by atoms with Gasteiger partial charge in [0.1, 0.15) is 11.5 Å². The lowest BCUT2D eigenvalue weighted by molar-refractivity contribution is 0.449. The molecule has 0 saturated heterocycles. The predicted molar refractivity (Wildman–Crippen MR) is 129 cm³/mol. The molecule has 0 unspecified atom stereocenters. The Morgan fingerprint density at radius 3 is 1.12 bits per heavy atom. The number of benzene rings is 2. The first-order valence-electron chi connectivity index (χ1n) is 9.92. The molecule has 33 heavy (non-hydrogen) atoms. The quantitative estimate of drug-likeness (QED) is 0.417. The molecule has 0 fully saturated rings. The summed E-state index contributed by atoms with van der Waals surface area (Å²) in [5.74, 6) is 0.815. The van der Waals surface area contributed by atoms with E-state index in [1.165, 1.54) is 24.3 Å². The maximum Gasteiger partial charge on any atom is 0.576 e. The Kier molecular flexibility index (Phi) is 7.64. The highest BCUT2D eigenvalue weighted by atomic mass is 32.2. The lowest BCUT2D eigenvalue weighted by Crippen LogP contribution is -2.45. The molecule has 182 valence electrons. The molecule has 10 nitrogen and oxygen atoms in total. The summed E-state index contributed by atoms with van der Waals surface area (Å²) >= 11 is 0. The molecule has 2 aromatic rings. The van der Waals surface area contributed by atoms with Crippen LogP contribution in [0.4, 0.5) is 11.4 Å². The van der Waals surface area contributed by atoms with Crippen molar-refractivity contribution in [3.05, 3.63) is 48.5 Å². The third-order valence-electron chi connectivity index (χ3n) is 4.27. The van der Waals surface area contributed by atoms with Gasteiger partial charge in [0.2, 0.25) is 0 Å². The second-order valence-electron chi connectivity index (χ2n) is 9.22. The van der Waals surface area contributed by atoms with E-state index in [0.29, 0.717) is 11.5 Å². The summed E-state index contributed by atoms with van der Waals surface area (Å²) in [5, 5.41) is 0. The van der Waals surface area contributed by atoms with Crippen LogP contribution in [-0.4, -0.2) is 44.7 Å². The lowest BCUT2D eigenvalue weighted by atomic mass is 10.1. The second kappa shape index (κ2) is 9.41. The van der Waals surface area contributed by atoms with Gasteiger partial charge in [0, 0.05) is 11.1 Å². The number of anilines is 2. The number of hydrogen-bond donors (Lipinski definition) is 2. The van der Waals surface area contributed by atoms with E-state index in [4.69, 9.17) is 9.31 Å². The number of rotatable bonds is 8. The maximum atomic E-state index is 11.7. The smallest absolute Gasteiger partial charge is 0.529 e. The molecular formula is C20H29BN2O8S2. The van der Waals surface area contributed by atoms with Crippen molar-refractivity contribution in [2.24, 2.45) is 0 Å². The Bertz CT molecular complexity index is 1060. The molecule has 0 bridgehead atoms. The average molecular weight is 500 g/mol. The van der Waals surface area contributed by atoms with Crippen molar-refractivity contribution in [1.29, 1.82) is 0 Å². The largest absolute Gasteiger partial charge is 0.576 e. The van der Waals surface area contributed by atoms with Gasteiger partial charge in [-0.05, 0) is 90.1 Å². The van der Waals surface area contributed by atoms with E-state index in [0.717, 1.165) is 8.61 Å². The van der Waals surface area contributed by atoms with Gasteiger partial charge in [-0.3, -0.25) is 9.11 Å². The zero-order chi connectivity index (χ0) is 25.2. The van der Waals surface area contributed by atoms with Crippen LogP contribution in [0, 0.1) is 0 Å². The summed E-state index contributed by atoms with van der Waals surface area (Å²) in [6.07, 6.45) is 0. The first-order chi connectivity index (χ1) is 14.9. The Morgan fingerprint density at radius 2 is 0.909 bits per heavy atom. The van der Waals surface area contributed by atoms with Crippen LogP contribution in [-0.2, 0) is 20.6 Å². The van der Waals surface area contributed by atoms with E-state index in [2.05, 4.69) is 0 Å². The van der Waals surface area contributed by atoms with Gasteiger partial charge in [-0.15, -0.1) is 0 Å². The Balaban J connectivity index is 2.05. The minimum atomic E-state index is -4.46. The molecule has 0 radical (unpaired) electrons. The SMILES string of the molecule is CC(C)(C)N(c1ccc(OBOc2ccc(N(C(C)(C)C)S(=O)(=O)O)cc2)cc1)S(=O)(=O)O. The van der Waals surface area contributed by atoms with Crippen LogP contribution in [0.25, 0.3) is 0 Å². The molecule has 2 N–H and O–H groups in total. The summed E-state index contributed by atoms with van der Waals surface area (Å²) in [6.45, 7) is 9.92. The normalized spacial score (nSPS) is 12.7. The van der Waals surface area contributed by atoms with E-state index in [-0.39, 0.29) is 19.1 Å². The fourth-order valence-corrected chi connectivity index (χ4v) is 5.41. The van der Waals surface area contributed by atoms with Gasteiger partial charge >= 0.3 is 28.3 Å². The minimum absolute atomic E-state index is 0.165. The van der Waals surface area contributed by atoms with Crippen LogP contribution in [0.1, 0.15) is 41.5 Å². The molecule has 2 aromatic carbocycles. The first kappa shape index (κ1) is 26.8. The number of nitrogens with zero attached hydrogens (tertiary/aromatic N) is 2. The standard InChI is InChI=1S/C20H29BN2O8S2/c1-19(2,3)22(32(24,25)26)15-7-11-17(12-8-15)30-21-31-18-13-9-16(10-14-18)23(20(4,5)6)33(27,28)29/h7-14,21H,1-6H3,(H,24,25,26)(H,27,28,29). The van der Waals surface area contributed by atoms with Gasteiger partial charge in [-0.1, -0.05) is 0 Å². The lowest BCUT2D eigenvalue weighted by Gasteiger charge is -2.34. The summed E-state index contributed by atoms with van der Waals surface area (Å²) in [7, 11) is -9.08. The van der Waals surface area contributed by atoms with Gasteiger partial charge in [-0.2, -0.15) is 16.8 Å². The molecule has 0 spiro atoms. The summed E-state index contributed by atoms with van der Waals surface area (Å²) in [4.78, 5) is 0. The molecule has 0 saturated carbocycles. The maximum absolute atomic E-state index is 11.7. The van der Waals surface area contributed by atoms with Crippen LogP contribution in [0.3, 0.4) is 0 Å². The molecule has 0 aliphatic carbocycles. The van der Waals surface area contributed by atoms with Crippen molar-refractivity contribution >= 4 is 39.7 Å². The molecule has 2 rings (SSSR count). The van der Waals surface area contributed by atoms with Crippen molar-refractivity contribution in [3.8, 4) is 11.5 Å². The van der Waals surface area contributed by atoms with Crippen molar-refractivity contribution < 1.29 is 35.2 Å². The van der Waals surface area contributed by atoms with Crippen LogP contribution in [0.5, 0.6) is 11.5 Å². The third kappa shape index (κ3) is 7.26. The Hall–Kier alpha value is -2.48. The van der Waals surface area contributed by atoms with Crippen molar-refractivity contribution in [1.82, 2.24) is 0 Å². The minimum Gasteiger partial charge on any atom is -0.529 e. The van der Waals surface area contributed by atoms with Crippen LogP contribution < -0.4 is 17.9 Å². The molecule has 13 heteroatoms. The average Bonchev–Trinajstić information content (AvgIpc) is 2.60. The molecule has 0 heterocycles. The van der Waals surface area contributed by atoms with E-state index >= 15 is 0 Å². The van der Waals surface area contributed by atoms with Crippen molar-refractivity contribution in [2.75, 3.05) is 8.61 Å². The van der Waals surface area contributed by atoms with E-state index in [1.54, 1.807) is 65.8 Å². The van der Waals surface area contributed by atoms with Crippen LogP contribution in [0.15, 0.2) is 48.5 Å². The van der Waals surface area contributed by atoms with Crippen LogP contribution >= 0.6 is 0 Å². The molecule has 0 aliphatic rings. The number of hydrogen-bond acceptors (Lipinski definition) is 6. The third-order valence-corrected chi connectivity index (χ3v) is 6.71. The summed E-state index contributed by atoms with van der Waals surface area (Å²) in [5.41, 5.74) is -1.20. The zero-order valence-corrected chi connectivity index (χ0v) is 21.0. The van der Waals surface area contributed by atoms with Gasteiger partial charge in [0.15, 0.2) is 0 Å².